The largest absolute Gasteiger partial charge is 0.464 e. The van der Waals surface area contributed by atoms with Crippen molar-refractivity contribution in [2.45, 2.75) is 91.3 Å². The molecule has 2 unspecified atom stereocenters. The Labute approximate surface area is 157 Å². The predicted molar refractivity (Wildman–Crippen MR) is 98.7 cm³/mol. The van der Waals surface area contributed by atoms with Gasteiger partial charge in [0.1, 0.15) is 12.7 Å². The molecule has 0 aromatic rings. The van der Waals surface area contributed by atoms with Crippen molar-refractivity contribution >= 4 is 18.0 Å². The first-order chi connectivity index (χ1) is 12.4. The molecule has 0 aliphatic rings. The van der Waals surface area contributed by atoms with Crippen LogP contribution in [0.5, 0.6) is 0 Å². The molecule has 0 aliphatic carbocycles. The van der Waals surface area contributed by atoms with Gasteiger partial charge >= 0.3 is 18.0 Å². The van der Waals surface area contributed by atoms with Crippen LogP contribution in [0.2, 0.25) is 0 Å². The highest BCUT2D eigenvalue weighted by Gasteiger charge is 2.13. The van der Waals surface area contributed by atoms with Gasteiger partial charge in [0.2, 0.25) is 0 Å². The maximum Gasteiger partial charge on any atom is 0.407 e. The Morgan fingerprint density at radius 1 is 1.00 bits per heavy atom. The van der Waals surface area contributed by atoms with E-state index in [4.69, 9.17) is 14.2 Å². The van der Waals surface area contributed by atoms with Crippen molar-refractivity contribution in [3.63, 3.8) is 0 Å². The molecule has 7 heteroatoms. The molecule has 0 heterocycles. The van der Waals surface area contributed by atoms with E-state index in [0.717, 1.165) is 25.7 Å². The summed E-state index contributed by atoms with van der Waals surface area (Å²) in [5.74, 6) is -0.546. The fourth-order valence-electron chi connectivity index (χ4n) is 2.36. The molecule has 26 heavy (non-hydrogen) atoms. The zero-order valence-corrected chi connectivity index (χ0v) is 16.7. The molecular formula is C19H35NO6. The molecule has 0 spiro atoms. The van der Waals surface area contributed by atoms with E-state index in [9.17, 15) is 14.4 Å². The lowest BCUT2D eigenvalue weighted by Gasteiger charge is -2.17. The highest BCUT2D eigenvalue weighted by Crippen LogP contribution is 2.12. The van der Waals surface area contributed by atoms with Gasteiger partial charge in [0.25, 0.3) is 0 Å². The van der Waals surface area contributed by atoms with Gasteiger partial charge in [-0.1, -0.05) is 26.7 Å². The molecule has 0 saturated carbocycles. The normalized spacial score (nSPS) is 12.8. The number of nitrogens with one attached hydrogen (secondary N) is 1. The summed E-state index contributed by atoms with van der Waals surface area (Å²) in [5.41, 5.74) is 0. The van der Waals surface area contributed by atoms with E-state index in [0.29, 0.717) is 25.7 Å². The van der Waals surface area contributed by atoms with Gasteiger partial charge in [0.15, 0.2) is 0 Å². The number of ether oxygens (including phenoxy) is 3. The van der Waals surface area contributed by atoms with Crippen molar-refractivity contribution in [1.29, 1.82) is 0 Å². The zero-order chi connectivity index (χ0) is 19.8. The van der Waals surface area contributed by atoms with E-state index in [1.54, 1.807) is 0 Å². The SMILES string of the molecule is CCCCC(C)OC(=O)CCCCC(CC)OC(=O)NCCOC(C)=O. The Morgan fingerprint density at radius 2 is 1.73 bits per heavy atom. The van der Waals surface area contributed by atoms with Crippen molar-refractivity contribution in [2.24, 2.45) is 0 Å². The summed E-state index contributed by atoms with van der Waals surface area (Å²) in [6, 6.07) is 0. The van der Waals surface area contributed by atoms with Gasteiger partial charge in [-0.3, -0.25) is 9.59 Å². The minimum Gasteiger partial charge on any atom is -0.464 e. The maximum absolute atomic E-state index is 11.7. The smallest absolute Gasteiger partial charge is 0.407 e. The van der Waals surface area contributed by atoms with Crippen molar-refractivity contribution < 1.29 is 28.6 Å². The van der Waals surface area contributed by atoms with Crippen LogP contribution in [0.15, 0.2) is 0 Å². The Morgan fingerprint density at radius 3 is 2.35 bits per heavy atom. The fraction of sp³-hybridized carbons (Fsp3) is 0.842. The number of carbonyl (C=O) groups excluding carboxylic acids is 3. The van der Waals surface area contributed by atoms with E-state index in [-0.39, 0.29) is 37.3 Å². The van der Waals surface area contributed by atoms with Crippen LogP contribution in [0.25, 0.3) is 0 Å². The maximum atomic E-state index is 11.7. The van der Waals surface area contributed by atoms with Gasteiger partial charge in [0.05, 0.1) is 12.6 Å². The monoisotopic (exact) mass is 373 g/mol. The van der Waals surface area contributed by atoms with Gasteiger partial charge in [0, 0.05) is 13.3 Å². The van der Waals surface area contributed by atoms with Crippen LogP contribution < -0.4 is 5.32 Å². The number of hydrogen-bond donors (Lipinski definition) is 1. The molecule has 0 rings (SSSR count). The number of esters is 2. The molecule has 1 amide bonds. The van der Waals surface area contributed by atoms with E-state index in [1.807, 2.05) is 13.8 Å². The molecule has 0 radical (unpaired) electrons. The highest BCUT2D eigenvalue weighted by molar-refractivity contribution is 5.69. The Bertz CT molecular complexity index is 413. The summed E-state index contributed by atoms with van der Waals surface area (Å²) in [6.45, 7) is 7.64. The lowest BCUT2D eigenvalue weighted by atomic mass is 10.1. The molecule has 0 fully saturated rings. The van der Waals surface area contributed by atoms with Crippen LogP contribution in [0.3, 0.4) is 0 Å². The number of alkyl carbamates (subject to hydrolysis) is 1. The molecule has 0 aromatic heterocycles. The number of hydrogen-bond acceptors (Lipinski definition) is 6. The Balaban J connectivity index is 3.81. The first-order valence-electron chi connectivity index (χ1n) is 9.66. The third kappa shape index (κ3) is 14.5. The number of amides is 1. The second kappa shape index (κ2) is 15.5. The number of unbranched alkanes of at least 4 members (excludes halogenated alkanes) is 2. The van der Waals surface area contributed by atoms with Crippen LogP contribution in [-0.4, -0.2) is 43.4 Å². The predicted octanol–water partition coefficient (Wildman–Crippen LogP) is 3.74. The molecule has 0 aromatic carbocycles. The van der Waals surface area contributed by atoms with Crippen molar-refractivity contribution in [3.8, 4) is 0 Å². The lowest BCUT2D eigenvalue weighted by molar-refractivity contribution is -0.148. The van der Waals surface area contributed by atoms with E-state index in [1.165, 1.54) is 6.92 Å². The second-order valence-corrected chi connectivity index (χ2v) is 6.39. The van der Waals surface area contributed by atoms with Crippen LogP contribution in [-0.2, 0) is 23.8 Å². The summed E-state index contributed by atoms with van der Waals surface area (Å²) in [4.78, 5) is 34.0. The number of rotatable bonds is 14. The van der Waals surface area contributed by atoms with Gasteiger partial charge in [-0.25, -0.2) is 4.79 Å². The number of carbonyl (C=O) groups is 3. The van der Waals surface area contributed by atoms with E-state index >= 15 is 0 Å². The summed E-state index contributed by atoms with van der Waals surface area (Å²) in [7, 11) is 0. The molecule has 152 valence electrons. The minimum absolute atomic E-state index is 0.0233. The van der Waals surface area contributed by atoms with Crippen molar-refractivity contribution in [1.82, 2.24) is 5.32 Å². The van der Waals surface area contributed by atoms with Gasteiger partial charge in [-0.15, -0.1) is 0 Å². The summed E-state index contributed by atoms with van der Waals surface area (Å²) in [6.07, 6.45) is 5.63. The fourth-order valence-corrected chi connectivity index (χ4v) is 2.36. The van der Waals surface area contributed by atoms with Crippen LogP contribution in [0.1, 0.15) is 79.1 Å². The molecule has 7 nitrogen and oxygen atoms in total. The zero-order valence-electron chi connectivity index (χ0n) is 16.7. The van der Waals surface area contributed by atoms with Gasteiger partial charge in [-0.2, -0.15) is 0 Å². The molecule has 0 saturated heterocycles. The van der Waals surface area contributed by atoms with Crippen LogP contribution in [0, 0.1) is 0 Å². The Kier molecular flexibility index (Phi) is 14.4. The van der Waals surface area contributed by atoms with Crippen molar-refractivity contribution in [2.75, 3.05) is 13.2 Å². The van der Waals surface area contributed by atoms with Gasteiger partial charge < -0.3 is 19.5 Å². The average molecular weight is 373 g/mol. The third-order valence-corrected chi connectivity index (χ3v) is 3.86. The average Bonchev–Trinajstić information content (AvgIpc) is 2.59. The minimum atomic E-state index is -0.520. The van der Waals surface area contributed by atoms with Crippen molar-refractivity contribution in [3.05, 3.63) is 0 Å². The van der Waals surface area contributed by atoms with E-state index in [2.05, 4.69) is 12.2 Å². The van der Waals surface area contributed by atoms with E-state index < -0.39 is 6.09 Å². The quantitative estimate of drug-likeness (QED) is 0.283. The summed E-state index contributed by atoms with van der Waals surface area (Å²) in [5, 5.41) is 2.54. The van der Waals surface area contributed by atoms with Crippen LogP contribution >= 0.6 is 0 Å². The topological polar surface area (TPSA) is 90.9 Å². The first-order valence-corrected chi connectivity index (χ1v) is 9.66. The third-order valence-electron chi connectivity index (χ3n) is 3.86. The highest BCUT2D eigenvalue weighted by atomic mass is 16.6. The Hall–Kier alpha value is -1.79. The van der Waals surface area contributed by atoms with Gasteiger partial charge in [-0.05, 0) is 39.0 Å². The lowest BCUT2D eigenvalue weighted by Crippen LogP contribution is -2.31. The summed E-state index contributed by atoms with van der Waals surface area (Å²) >= 11 is 0. The molecule has 0 bridgehead atoms. The summed E-state index contributed by atoms with van der Waals surface area (Å²) < 4.78 is 15.4. The molecule has 0 aliphatic heterocycles. The molecule has 1 N–H and O–H groups in total. The van der Waals surface area contributed by atoms with Crippen LogP contribution in [0.4, 0.5) is 4.79 Å². The molecular weight excluding hydrogens is 338 g/mol. The molecule has 2 atom stereocenters. The second-order valence-electron chi connectivity index (χ2n) is 6.39. The standard InChI is InChI=1S/C19H35NO6/c1-5-7-10-15(3)25-18(22)12-9-8-11-17(6-2)26-19(23)20-13-14-24-16(4)21/h15,17H,5-14H2,1-4H3,(H,20,23). The first kappa shape index (κ1) is 24.2.